The number of aryl methyl sites for hydroxylation is 2. The summed E-state index contributed by atoms with van der Waals surface area (Å²) in [5, 5.41) is 3.50. The Balaban J connectivity index is 2.46. The minimum Gasteiger partial charge on any atom is -0.305 e. The number of aromatic nitrogens is 1. The van der Waals surface area contributed by atoms with Gasteiger partial charge < -0.3 is 5.32 Å². The molecule has 1 atom stereocenters. The Bertz CT molecular complexity index is 575. The van der Waals surface area contributed by atoms with Gasteiger partial charge >= 0.3 is 0 Å². The molecule has 0 bridgehead atoms. The molecule has 0 fully saturated rings. The first kappa shape index (κ1) is 15.6. The molecule has 1 heterocycles. The lowest BCUT2D eigenvalue weighted by atomic mass is 9.96. The van der Waals surface area contributed by atoms with Crippen LogP contribution in [-0.2, 0) is 6.42 Å². The number of hydrogen-bond donors (Lipinski definition) is 1. The van der Waals surface area contributed by atoms with Gasteiger partial charge in [0.05, 0.1) is 11.7 Å². The van der Waals surface area contributed by atoms with E-state index in [0.717, 1.165) is 36.2 Å². The van der Waals surface area contributed by atoms with Gasteiger partial charge in [-0.15, -0.1) is 0 Å². The Morgan fingerprint density at radius 3 is 2.71 bits per heavy atom. The molecule has 0 aliphatic heterocycles. The molecule has 3 heteroatoms. The molecule has 2 aromatic rings. The van der Waals surface area contributed by atoms with Crippen LogP contribution in [0, 0.1) is 12.7 Å². The van der Waals surface area contributed by atoms with E-state index in [4.69, 9.17) is 0 Å². The predicted molar refractivity (Wildman–Crippen MR) is 84.9 cm³/mol. The topological polar surface area (TPSA) is 24.9 Å². The largest absolute Gasteiger partial charge is 0.305 e. The van der Waals surface area contributed by atoms with E-state index < -0.39 is 0 Å². The summed E-state index contributed by atoms with van der Waals surface area (Å²) in [6, 6.07) is 9.18. The second kappa shape index (κ2) is 7.32. The number of benzene rings is 1. The Hall–Kier alpha value is -1.74. The number of nitrogens with zero attached hydrogens (tertiary/aromatic N) is 1. The van der Waals surface area contributed by atoms with Crippen molar-refractivity contribution in [3.8, 4) is 0 Å². The Kier molecular flexibility index (Phi) is 5.45. The van der Waals surface area contributed by atoms with Crippen LogP contribution < -0.4 is 5.32 Å². The molecule has 1 aromatic heterocycles. The second-order valence-corrected chi connectivity index (χ2v) is 5.35. The van der Waals surface area contributed by atoms with Crippen molar-refractivity contribution < 1.29 is 4.39 Å². The zero-order valence-electron chi connectivity index (χ0n) is 13.0. The van der Waals surface area contributed by atoms with Crippen LogP contribution in [0.3, 0.4) is 0 Å². The van der Waals surface area contributed by atoms with Crippen LogP contribution in [-0.4, -0.2) is 11.5 Å². The van der Waals surface area contributed by atoms with Gasteiger partial charge in [0.25, 0.3) is 0 Å². The summed E-state index contributed by atoms with van der Waals surface area (Å²) in [6.07, 6.45) is 3.75. The van der Waals surface area contributed by atoms with Crippen molar-refractivity contribution in [2.75, 3.05) is 6.54 Å². The second-order valence-electron chi connectivity index (χ2n) is 5.35. The van der Waals surface area contributed by atoms with E-state index in [9.17, 15) is 4.39 Å². The van der Waals surface area contributed by atoms with Crippen LogP contribution in [0.25, 0.3) is 0 Å². The van der Waals surface area contributed by atoms with Crippen molar-refractivity contribution in [2.24, 2.45) is 0 Å². The lowest BCUT2D eigenvalue weighted by Gasteiger charge is -2.21. The third kappa shape index (κ3) is 3.88. The van der Waals surface area contributed by atoms with E-state index in [-0.39, 0.29) is 11.9 Å². The van der Waals surface area contributed by atoms with Gasteiger partial charge in [-0.25, -0.2) is 4.39 Å². The molecule has 1 unspecified atom stereocenters. The van der Waals surface area contributed by atoms with Crippen molar-refractivity contribution in [1.29, 1.82) is 0 Å². The van der Waals surface area contributed by atoms with Gasteiger partial charge in [0.1, 0.15) is 5.82 Å². The highest BCUT2D eigenvalue weighted by molar-refractivity contribution is 5.35. The lowest BCUT2D eigenvalue weighted by Crippen LogP contribution is -2.25. The summed E-state index contributed by atoms with van der Waals surface area (Å²) in [5.74, 6) is -0.192. The van der Waals surface area contributed by atoms with E-state index in [1.807, 2.05) is 19.1 Å². The van der Waals surface area contributed by atoms with Crippen LogP contribution in [0.15, 0.2) is 36.5 Å². The van der Waals surface area contributed by atoms with E-state index in [1.165, 1.54) is 5.56 Å². The molecule has 1 N–H and O–H groups in total. The molecular weight excluding hydrogens is 263 g/mol. The summed E-state index contributed by atoms with van der Waals surface area (Å²) in [7, 11) is 0. The normalized spacial score (nSPS) is 12.4. The fourth-order valence-corrected chi connectivity index (χ4v) is 2.60. The molecule has 0 radical (unpaired) electrons. The minimum absolute atomic E-state index is 0.0597. The first-order valence-corrected chi connectivity index (χ1v) is 7.60. The lowest BCUT2D eigenvalue weighted by molar-refractivity contribution is 0.571. The maximum absolute atomic E-state index is 13.8. The van der Waals surface area contributed by atoms with Crippen molar-refractivity contribution in [2.45, 2.75) is 39.7 Å². The van der Waals surface area contributed by atoms with Crippen molar-refractivity contribution in [1.82, 2.24) is 10.3 Å². The van der Waals surface area contributed by atoms with Gasteiger partial charge in [0.2, 0.25) is 0 Å². The van der Waals surface area contributed by atoms with Crippen LogP contribution >= 0.6 is 0 Å². The number of halogens is 1. The highest BCUT2D eigenvalue weighted by Gasteiger charge is 2.18. The summed E-state index contributed by atoms with van der Waals surface area (Å²) in [4.78, 5) is 4.55. The van der Waals surface area contributed by atoms with Crippen LogP contribution in [0.4, 0.5) is 4.39 Å². The van der Waals surface area contributed by atoms with E-state index in [1.54, 1.807) is 18.3 Å². The third-order valence-corrected chi connectivity index (χ3v) is 3.58. The molecule has 112 valence electrons. The SMILES string of the molecule is CCCNC(c1cc(C)cc(F)c1)c1ncccc1CC. The van der Waals surface area contributed by atoms with Gasteiger partial charge in [0.15, 0.2) is 0 Å². The van der Waals surface area contributed by atoms with Crippen molar-refractivity contribution in [3.63, 3.8) is 0 Å². The summed E-state index contributed by atoms with van der Waals surface area (Å²) < 4.78 is 13.8. The maximum atomic E-state index is 13.8. The molecule has 1 aromatic carbocycles. The third-order valence-electron chi connectivity index (χ3n) is 3.58. The summed E-state index contributed by atoms with van der Waals surface area (Å²) >= 11 is 0. The van der Waals surface area contributed by atoms with Crippen LogP contribution in [0.5, 0.6) is 0 Å². The zero-order chi connectivity index (χ0) is 15.2. The Morgan fingerprint density at radius 2 is 2.05 bits per heavy atom. The monoisotopic (exact) mass is 286 g/mol. The van der Waals surface area contributed by atoms with E-state index in [0.29, 0.717) is 0 Å². The Morgan fingerprint density at radius 1 is 1.24 bits per heavy atom. The molecular formula is C18H23FN2. The van der Waals surface area contributed by atoms with Gasteiger partial charge in [-0.05, 0) is 61.2 Å². The molecule has 0 saturated heterocycles. The van der Waals surface area contributed by atoms with Crippen LogP contribution in [0.1, 0.15) is 48.7 Å². The van der Waals surface area contributed by atoms with Gasteiger partial charge in [-0.1, -0.05) is 26.0 Å². The first-order chi connectivity index (χ1) is 10.2. The summed E-state index contributed by atoms with van der Waals surface area (Å²) in [5.41, 5.74) is 4.07. The Labute approximate surface area is 126 Å². The average molecular weight is 286 g/mol. The molecule has 2 rings (SSSR count). The molecule has 2 nitrogen and oxygen atoms in total. The first-order valence-electron chi connectivity index (χ1n) is 7.60. The minimum atomic E-state index is -0.192. The molecule has 0 spiro atoms. The van der Waals surface area contributed by atoms with E-state index in [2.05, 4.69) is 30.2 Å². The predicted octanol–water partition coefficient (Wildman–Crippen LogP) is 4.18. The molecule has 0 amide bonds. The fraction of sp³-hybridized carbons (Fsp3) is 0.389. The van der Waals surface area contributed by atoms with Gasteiger partial charge in [-0.2, -0.15) is 0 Å². The number of rotatable bonds is 6. The zero-order valence-corrected chi connectivity index (χ0v) is 13.0. The molecule has 0 saturated carbocycles. The number of hydrogen-bond acceptors (Lipinski definition) is 2. The van der Waals surface area contributed by atoms with Crippen molar-refractivity contribution >= 4 is 0 Å². The molecule has 21 heavy (non-hydrogen) atoms. The standard InChI is InChI=1S/C18H23FN2/c1-4-8-20-18(15-10-13(3)11-16(19)12-15)17-14(5-2)7-6-9-21-17/h6-7,9-12,18,20H,4-5,8H2,1-3H3. The number of pyridine rings is 1. The van der Waals surface area contributed by atoms with E-state index >= 15 is 0 Å². The smallest absolute Gasteiger partial charge is 0.123 e. The average Bonchev–Trinajstić information content (AvgIpc) is 2.47. The highest BCUT2D eigenvalue weighted by atomic mass is 19.1. The fourth-order valence-electron chi connectivity index (χ4n) is 2.60. The van der Waals surface area contributed by atoms with Crippen LogP contribution in [0.2, 0.25) is 0 Å². The summed E-state index contributed by atoms with van der Waals surface area (Å²) in [6.45, 7) is 7.04. The highest BCUT2D eigenvalue weighted by Crippen LogP contribution is 2.25. The maximum Gasteiger partial charge on any atom is 0.123 e. The van der Waals surface area contributed by atoms with Gasteiger partial charge in [0, 0.05) is 6.20 Å². The molecule has 0 aliphatic rings. The molecule has 0 aliphatic carbocycles. The quantitative estimate of drug-likeness (QED) is 0.861. The van der Waals surface area contributed by atoms with Crippen molar-refractivity contribution in [3.05, 3.63) is 64.7 Å². The number of nitrogens with one attached hydrogen (secondary N) is 1. The van der Waals surface area contributed by atoms with Gasteiger partial charge in [-0.3, -0.25) is 4.98 Å².